The Bertz CT molecular complexity index is 641. The first-order valence-electron chi connectivity index (χ1n) is 8.39. The van der Waals surface area contributed by atoms with Gasteiger partial charge in [-0.15, -0.1) is 0 Å². The third-order valence-electron chi connectivity index (χ3n) is 3.46. The minimum absolute atomic E-state index is 0.0391. The van der Waals surface area contributed by atoms with Gasteiger partial charge in [-0.3, -0.25) is 20.5 Å². The molecule has 1 heterocycles. The molecule has 150 valence electrons. The first kappa shape index (κ1) is 23.5. The van der Waals surface area contributed by atoms with Crippen molar-refractivity contribution >= 4 is 40.1 Å². The molecule has 0 aliphatic rings. The number of pyridine rings is 1. The van der Waals surface area contributed by atoms with Crippen molar-refractivity contribution in [1.29, 1.82) is 5.41 Å². The largest absolute Gasteiger partial charge is 0.389 e. The number of hydrogen-bond acceptors (Lipinski definition) is 4. The Kier molecular flexibility index (Phi) is 10.4. The zero-order valence-electron chi connectivity index (χ0n) is 14.9. The van der Waals surface area contributed by atoms with Crippen LogP contribution in [-0.2, 0) is 4.79 Å². The summed E-state index contributed by atoms with van der Waals surface area (Å²) in [5.41, 5.74) is 1.08. The Hall–Kier alpha value is -1.58. The van der Waals surface area contributed by atoms with E-state index in [0.29, 0.717) is 18.1 Å². The predicted molar refractivity (Wildman–Crippen MR) is 102 cm³/mol. The van der Waals surface area contributed by atoms with Gasteiger partial charge in [0.15, 0.2) is 5.69 Å². The van der Waals surface area contributed by atoms with E-state index in [1.54, 1.807) is 36.9 Å². The van der Waals surface area contributed by atoms with Crippen LogP contribution in [0, 0.1) is 5.41 Å². The van der Waals surface area contributed by atoms with E-state index in [1.807, 2.05) is 6.07 Å². The minimum atomic E-state index is -4.14. The molecule has 0 aliphatic heterocycles. The quantitative estimate of drug-likeness (QED) is 0.421. The fourth-order valence-corrected chi connectivity index (χ4v) is 3.22. The van der Waals surface area contributed by atoms with Crippen LogP contribution in [0.25, 0.3) is 0 Å². The van der Waals surface area contributed by atoms with Crippen molar-refractivity contribution < 1.29 is 23.3 Å². The Balaban J connectivity index is 2.56. The first-order valence-corrected chi connectivity index (χ1v) is 9.92. The summed E-state index contributed by atoms with van der Waals surface area (Å²) in [5.74, 6) is 0.543. The lowest BCUT2D eigenvalue weighted by Crippen LogP contribution is -2.72. The number of allylic oxidation sites excluding steroid dienone is 1. The number of nitrogens with one attached hydrogen (secondary N) is 1. The molecule has 0 saturated heterocycles. The van der Waals surface area contributed by atoms with Crippen molar-refractivity contribution in [3.8, 4) is 0 Å². The third-order valence-corrected chi connectivity index (χ3v) is 4.72. The van der Waals surface area contributed by atoms with E-state index in [2.05, 4.69) is 4.98 Å². The highest BCUT2D eigenvalue weighted by molar-refractivity contribution is 7.99. The van der Waals surface area contributed by atoms with E-state index in [-0.39, 0.29) is 29.6 Å². The molecule has 0 aromatic carbocycles. The van der Waals surface area contributed by atoms with Gasteiger partial charge in [0.05, 0.1) is 6.20 Å². The van der Waals surface area contributed by atoms with E-state index in [9.17, 15) is 18.0 Å². The molecule has 0 aliphatic carbocycles. The molecule has 0 unspecified atom stereocenters. The van der Waals surface area contributed by atoms with Crippen molar-refractivity contribution in [1.82, 2.24) is 9.88 Å². The molecule has 0 fully saturated rings. The van der Waals surface area contributed by atoms with Gasteiger partial charge in [0, 0.05) is 37.4 Å². The van der Waals surface area contributed by atoms with Crippen LogP contribution < -0.4 is 5.32 Å². The maximum absolute atomic E-state index is 12.4. The van der Waals surface area contributed by atoms with Crippen LogP contribution in [0.1, 0.15) is 26.2 Å². The third kappa shape index (κ3) is 9.78. The van der Waals surface area contributed by atoms with Gasteiger partial charge >= 0.3 is 6.18 Å². The van der Waals surface area contributed by atoms with Gasteiger partial charge in [-0.2, -0.15) is 24.9 Å². The normalized spacial score (nSPS) is 12.1. The van der Waals surface area contributed by atoms with Gasteiger partial charge in [0.25, 0.3) is 0 Å². The number of carbonyl (C=O) groups is 1. The monoisotopic (exact) mass is 423 g/mol. The second-order valence-corrected chi connectivity index (χ2v) is 7.14. The summed E-state index contributed by atoms with van der Waals surface area (Å²) < 4.78 is 36.3. The number of thioether (sulfide) groups is 1. The number of halogens is 4. The number of nitrogens with zero attached hydrogens (tertiary/aromatic N) is 2. The molecule has 0 spiro atoms. The number of rotatable bonds is 11. The van der Waals surface area contributed by atoms with E-state index >= 15 is 0 Å². The predicted octanol–water partition coefficient (Wildman–Crippen LogP) is 3.65. The smallest absolute Gasteiger partial charge is 0.305 e. The van der Waals surface area contributed by atoms with Crippen LogP contribution in [0.4, 0.5) is 18.9 Å². The van der Waals surface area contributed by atoms with Gasteiger partial charge in [-0.1, -0.05) is 11.6 Å². The average molecular weight is 424 g/mol. The van der Waals surface area contributed by atoms with Crippen molar-refractivity contribution in [2.24, 2.45) is 0 Å². The zero-order valence-corrected chi connectivity index (χ0v) is 16.5. The lowest BCUT2D eigenvalue weighted by Gasteiger charge is -2.21. The van der Waals surface area contributed by atoms with Gasteiger partial charge in [0.1, 0.15) is 17.1 Å². The summed E-state index contributed by atoms with van der Waals surface area (Å²) in [6.07, 6.45) is 0.123. The molecule has 5 nitrogen and oxygen atoms in total. The molecule has 27 heavy (non-hydrogen) atoms. The molecule has 1 rings (SSSR count). The highest BCUT2D eigenvalue weighted by Crippen LogP contribution is 2.22. The second-order valence-electron chi connectivity index (χ2n) is 5.54. The number of aromatic nitrogens is 1. The van der Waals surface area contributed by atoms with Crippen LogP contribution in [0.5, 0.6) is 0 Å². The molecule has 10 heteroatoms. The summed E-state index contributed by atoms with van der Waals surface area (Å²) in [5, 5.41) is 9.18. The van der Waals surface area contributed by atoms with Crippen LogP contribution in [0.3, 0.4) is 0 Å². The number of amides is 1. The molecule has 0 bridgehead atoms. The molecule has 1 aromatic heterocycles. The van der Waals surface area contributed by atoms with E-state index < -0.39 is 12.6 Å². The highest BCUT2D eigenvalue weighted by atomic mass is 35.5. The molecule has 1 amide bonds. The van der Waals surface area contributed by atoms with Crippen molar-refractivity contribution in [2.75, 3.05) is 18.1 Å². The standard InChI is InChI=1S/C17H22ClF3N4OS/c1-2-25(15(26)6-10-27-9-4-7-17(19,20)21)14(16(18)22)12-24-13-5-3-8-23-11-13/h3,5,8,11-12,22,24H,2,4,6-7,9-10H2,1H3/p+1/b14-12+,22-16?. The fourth-order valence-electron chi connectivity index (χ4n) is 2.18. The summed E-state index contributed by atoms with van der Waals surface area (Å²) in [6.45, 7) is 2.10. The SMILES string of the molecule is CCN(C(=O)CCSCCCC(F)(F)F)/C(=C/[NH2+]c1cccnc1)C(=N)Cl. The summed E-state index contributed by atoms with van der Waals surface area (Å²) in [4.78, 5) is 17.8. The van der Waals surface area contributed by atoms with Gasteiger partial charge in [-0.25, -0.2) is 0 Å². The van der Waals surface area contributed by atoms with Crippen LogP contribution in [-0.4, -0.2) is 45.2 Å². The molecule has 0 saturated carbocycles. The number of nitrogens with two attached hydrogens (primary N) is 1. The number of carbonyl (C=O) groups excluding carboxylic acids is 1. The Morgan fingerprint density at radius 3 is 2.74 bits per heavy atom. The molecule has 0 atom stereocenters. The Labute approximate surface area is 165 Å². The molecular formula is C17H23ClF3N4OS+. The van der Waals surface area contributed by atoms with Crippen LogP contribution >= 0.6 is 23.4 Å². The van der Waals surface area contributed by atoms with Crippen LogP contribution in [0.2, 0.25) is 0 Å². The van der Waals surface area contributed by atoms with Gasteiger partial charge in [0.2, 0.25) is 5.91 Å². The Morgan fingerprint density at radius 1 is 1.44 bits per heavy atom. The highest BCUT2D eigenvalue weighted by Gasteiger charge is 2.26. The molecule has 0 radical (unpaired) electrons. The molecule has 3 N–H and O–H groups in total. The molecular weight excluding hydrogens is 401 g/mol. The van der Waals surface area contributed by atoms with Gasteiger partial charge < -0.3 is 4.90 Å². The first-order chi connectivity index (χ1) is 12.7. The maximum atomic E-state index is 12.4. The maximum Gasteiger partial charge on any atom is 0.389 e. The lowest BCUT2D eigenvalue weighted by atomic mass is 10.3. The fraction of sp³-hybridized carbons (Fsp3) is 0.471. The summed E-state index contributed by atoms with van der Waals surface area (Å²) >= 11 is 7.16. The Morgan fingerprint density at radius 2 is 2.19 bits per heavy atom. The summed E-state index contributed by atoms with van der Waals surface area (Å²) in [7, 11) is 0. The summed E-state index contributed by atoms with van der Waals surface area (Å²) in [6, 6.07) is 3.60. The van der Waals surface area contributed by atoms with Crippen molar-refractivity contribution in [3.63, 3.8) is 0 Å². The molecule has 1 aromatic rings. The van der Waals surface area contributed by atoms with E-state index in [0.717, 1.165) is 5.69 Å². The van der Waals surface area contributed by atoms with Crippen molar-refractivity contribution in [2.45, 2.75) is 32.4 Å². The number of alkyl halides is 3. The topological polar surface area (TPSA) is 73.7 Å². The van der Waals surface area contributed by atoms with E-state index in [1.165, 1.54) is 16.7 Å². The van der Waals surface area contributed by atoms with Crippen LogP contribution in [0.15, 0.2) is 36.4 Å². The lowest BCUT2D eigenvalue weighted by molar-refractivity contribution is -0.497. The number of quaternary nitrogens is 1. The second kappa shape index (κ2) is 12.0. The van der Waals surface area contributed by atoms with Gasteiger partial charge in [-0.05, 0) is 25.2 Å². The van der Waals surface area contributed by atoms with Crippen molar-refractivity contribution in [3.05, 3.63) is 36.4 Å². The van der Waals surface area contributed by atoms with E-state index in [4.69, 9.17) is 17.0 Å². The zero-order chi connectivity index (χ0) is 20.3. The average Bonchev–Trinajstić information content (AvgIpc) is 2.61. The number of hydrogen-bond donors (Lipinski definition) is 2. The minimum Gasteiger partial charge on any atom is -0.305 e.